The van der Waals surface area contributed by atoms with Gasteiger partial charge in [0.05, 0.1) is 35.4 Å². The fraction of sp³-hybridized carbons (Fsp3) is 0.258. The zero-order valence-corrected chi connectivity index (χ0v) is 22.3. The lowest BCUT2D eigenvalue weighted by Crippen LogP contribution is -2.30. The first-order valence-corrected chi connectivity index (χ1v) is 13.0. The molecule has 5 rings (SSSR count). The summed E-state index contributed by atoms with van der Waals surface area (Å²) in [4.78, 5) is 36.0. The number of carbonyl (C=O) groups excluding carboxylic acids is 2. The molecule has 4 aromatic rings. The Kier molecular flexibility index (Phi) is 7.11. The molecule has 2 N–H and O–H groups in total. The van der Waals surface area contributed by atoms with E-state index in [4.69, 9.17) is 9.47 Å². The minimum atomic E-state index is -0.918. The first-order valence-electron chi connectivity index (χ1n) is 13.0. The molecule has 1 unspecified atom stereocenters. The van der Waals surface area contributed by atoms with E-state index in [0.29, 0.717) is 40.7 Å². The van der Waals surface area contributed by atoms with Gasteiger partial charge in [-0.05, 0) is 61.7 Å². The number of aliphatic hydroxyl groups excluding tert-OH is 1. The number of rotatable bonds is 8. The number of hydrogen-bond acceptors (Lipinski definition) is 6. The van der Waals surface area contributed by atoms with Gasteiger partial charge in [0.25, 0.3) is 5.78 Å². The van der Waals surface area contributed by atoms with Crippen molar-refractivity contribution in [1.82, 2.24) is 9.97 Å². The van der Waals surface area contributed by atoms with Crippen LogP contribution in [0.5, 0.6) is 11.5 Å². The molecule has 0 aliphatic carbocycles. The Morgan fingerprint density at radius 2 is 1.72 bits per heavy atom. The third-order valence-corrected chi connectivity index (χ3v) is 6.31. The second-order valence-electron chi connectivity index (χ2n) is 10.2. The lowest BCUT2D eigenvalue weighted by atomic mass is 9.95. The van der Waals surface area contributed by atoms with Crippen molar-refractivity contribution in [2.75, 3.05) is 11.5 Å². The van der Waals surface area contributed by atoms with Crippen LogP contribution < -0.4 is 14.4 Å². The molecule has 0 bridgehead atoms. The minimum absolute atomic E-state index is 0.0118. The fourth-order valence-electron chi connectivity index (χ4n) is 4.57. The van der Waals surface area contributed by atoms with Gasteiger partial charge in [0.2, 0.25) is 5.95 Å². The van der Waals surface area contributed by atoms with Crippen LogP contribution >= 0.6 is 0 Å². The molecule has 1 saturated heterocycles. The number of benzene rings is 3. The summed E-state index contributed by atoms with van der Waals surface area (Å²) in [6.45, 7) is 8.46. The number of aromatic nitrogens is 2. The van der Waals surface area contributed by atoms with Crippen molar-refractivity contribution in [3.8, 4) is 11.5 Å². The molecule has 1 aliphatic rings. The maximum atomic E-state index is 13.5. The number of carbonyl (C=O) groups is 2. The molecule has 0 saturated carbocycles. The number of para-hydroxylation sites is 2. The van der Waals surface area contributed by atoms with E-state index in [0.717, 1.165) is 5.52 Å². The molecule has 1 amide bonds. The standard InChI is InChI=1S/C31H31N3O5/c1-18(2)17-38-23-9-7-8-21(16-23)28(35)26-27(20-12-14-22(15-13-20)39-19(3)4)34(30(37)29(26)36)31-32-24-10-5-6-11-25(24)33-31/h5-16,18-19,27,35H,17H2,1-4H3,(H,32,33)/b28-26+. The summed E-state index contributed by atoms with van der Waals surface area (Å²) in [7, 11) is 0. The van der Waals surface area contributed by atoms with E-state index < -0.39 is 17.7 Å². The van der Waals surface area contributed by atoms with Gasteiger partial charge in [-0.3, -0.25) is 14.5 Å². The van der Waals surface area contributed by atoms with Gasteiger partial charge in [0, 0.05) is 5.56 Å². The van der Waals surface area contributed by atoms with E-state index in [9.17, 15) is 14.7 Å². The number of nitrogens with zero attached hydrogens (tertiary/aromatic N) is 2. The molecular formula is C31H31N3O5. The molecule has 1 aromatic heterocycles. The average molecular weight is 526 g/mol. The van der Waals surface area contributed by atoms with E-state index in [2.05, 4.69) is 9.97 Å². The van der Waals surface area contributed by atoms with Crippen LogP contribution in [0.3, 0.4) is 0 Å². The predicted molar refractivity (Wildman–Crippen MR) is 150 cm³/mol. The molecular weight excluding hydrogens is 494 g/mol. The summed E-state index contributed by atoms with van der Waals surface area (Å²) in [6, 6.07) is 20.5. The van der Waals surface area contributed by atoms with Crippen molar-refractivity contribution in [3.63, 3.8) is 0 Å². The van der Waals surface area contributed by atoms with Crippen molar-refractivity contribution in [2.45, 2.75) is 39.8 Å². The molecule has 2 heterocycles. The highest BCUT2D eigenvalue weighted by Gasteiger charge is 2.48. The summed E-state index contributed by atoms with van der Waals surface area (Å²) in [6.07, 6.45) is -0.0118. The number of hydrogen-bond donors (Lipinski definition) is 2. The molecule has 1 fully saturated rings. The normalized spacial score (nSPS) is 17.0. The first-order chi connectivity index (χ1) is 18.7. The zero-order valence-electron chi connectivity index (χ0n) is 22.3. The Hall–Kier alpha value is -4.59. The Balaban J connectivity index is 1.64. The topological polar surface area (TPSA) is 105 Å². The SMILES string of the molecule is CC(C)COc1cccc(/C(O)=C2\C(=O)C(=O)N(c3nc4ccccc4[nH]3)C2c2ccc(OC(C)C)cc2)c1. The van der Waals surface area contributed by atoms with Gasteiger partial charge in [-0.2, -0.15) is 0 Å². The van der Waals surface area contributed by atoms with Crippen LogP contribution in [0.2, 0.25) is 0 Å². The zero-order chi connectivity index (χ0) is 27.7. The van der Waals surface area contributed by atoms with Gasteiger partial charge >= 0.3 is 5.91 Å². The lowest BCUT2D eigenvalue weighted by molar-refractivity contribution is -0.132. The van der Waals surface area contributed by atoms with Crippen LogP contribution in [0.25, 0.3) is 16.8 Å². The maximum absolute atomic E-state index is 13.5. The average Bonchev–Trinajstić information content (AvgIpc) is 3.45. The van der Waals surface area contributed by atoms with E-state index in [1.807, 2.05) is 52.0 Å². The summed E-state index contributed by atoms with van der Waals surface area (Å²) < 4.78 is 11.6. The number of anilines is 1. The Labute approximate surface area is 226 Å². The second-order valence-corrected chi connectivity index (χ2v) is 10.2. The molecule has 0 radical (unpaired) electrons. The minimum Gasteiger partial charge on any atom is -0.507 e. The number of ketones is 1. The number of Topliss-reactive ketones (excluding diaryl/α,β-unsaturated/α-hetero) is 1. The quantitative estimate of drug-likeness (QED) is 0.166. The van der Waals surface area contributed by atoms with Gasteiger partial charge < -0.3 is 19.6 Å². The molecule has 200 valence electrons. The van der Waals surface area contributed by atoms with Gasteiger partial charge in [-0.25, -0.2) is 4.98 Å². The Bertz CT molecular complexity index is 1520. The fourth-order valence-corrected chi connectivity index (χ4v) is 4.57. The second kappa shape index (κ2) is 10.6. The highest BCUT2D eigenvalue weighted by molar-refractivity contribution is 6.51. The molecule has 1 atom stereocenters. The summed E-state index contributed by atoms with van der Waals surface area (Å²) in [5, 5.41) is 11.5. The van der Waals surface area contributed by atoms with Crippen LogP contribution in [-0.2, 0) is 9.59 Å². The first kappa shape index (κ1) is 26.0. The molecule has 8 heteroatoms. The highest BCUT2D eigenvalue weighted by Crippen LogP contribution is 2.42. The van der Waals surface area contributed by atoms with Crippen LogP contribution in [0.15, 0.2) is 78.4 Å². The number of aromatic amines is 1. The molecule has 3 aromatic carbocycles. The van der Waals surface area contributed by atoms with Gasteiger partial charge in [-0.15, -0.1) is 0 Å². The van der Waals surface area contributed by atoms with Crippen LogP contribution in [0.1, 0.15) is 44.9 Å². The molecule has 0 spiro atoms. The molecule has 1 aliphatic heterocycles. The van der Waals surface area contributed by atoms with E-state index >= 15 is 0 Å². The van der Waals surface area contributed by atoms with Crippen molar-refractivity contribution >= 4 is 34.4 Å². The van der Waals surface area contributed by atoms with E-state index in [1.165, 1.54) is 4.90 Å². The largest absolute Gasteiger partial charge is 0.507 e. The third kappa shape index (κ3) is 5.23. The predicted octanol–water partition coefficient (Wildman–Crippen LogP) is 6.01. The van der Waals surface area contributed by atoms with Crippen LogP contribution in [0, 0.1) is 5.92 Å². The number of aliphatic hydroxyl groups is 1. The summed E-state index contributed by atoms with van der Waals surface area (Å²) in [5.74, 6) is -0.105. The summed E-state index contributed by atoms with van der Waals surface area (Å²) >= 11 is 0. The molecule has 39 heavy (non-hydrogen) atoms. The Morgan fingerprint density at radius 3 is 2.41 bits per heavy atom. The van der Waals surface area contributed by atoms with Crippen molar-refractivity contribution in [1.29, 1.82) is 0 Å². The molecule has 8 nitrogen and oxygen atoms in total. The number of amides is 1. The number of imidazole rings is 1. The van der Waals surface area contributed by atoms with Gasteiger partial charge in [-0.1, -0.05) is 50.2 Å². The number of H-pyrrole nitrogens is 1. The van der Waals surface area contributed by atoms with E-state index in [1.54, 1.807) is 48.5 Å². The number of fused-ring (bicyclic) bond motifs is 1. The van der Waals surface area contributed by atoms with Crippen LogP contribution in [-0.4, -0.2) is 39.5 Å². The van der Waals surface area contributed by atoms with Crippen molar-refractivity contribution in [3.05, 3.63) is 89.5 Å². The van der Waals surface area contributed by atoms with Gasteiger partial charge in [0.1, 0.15) is 17.3 Å². The Morgan fingerprint density at radius 1 is 0.974 bits per heavy atom. The monoisotopic (exact) mass is 525 g/mol. The van der Waals surface area contributed by atoms with Crippen molar-refractivity contribution < 1.29 is 24.2 Å². The smallest absolute Gasteiger partial charge is 0.302 e. The maximum Gasteiger partial charge on any atom is 0.302 e. The van der Waals surface area contributed by atoms with Crippen LogP contribution in [0.4, 0.5) is 5.95 Å². The third-order valence-electron chi connectivity index (χ3n) is 6.31. The van der Waals surface area contributed by atoms with Gasteiger partial charge in [0.15, 0.2) is 0 Å². The van der Waals surface area contributed by atoms with E-state index in [-0.39, 0.29) is 23.4 Å². The number of nitrogens with one attached hydrogen (secondary N) is 1. The number of ether oxygens (including phenoxy) is 2. The highest BCUT2D eigenvalue weighted by atomic mass is 16.5. The summed E-state index contributed by atoms with van der Waals surface area (Å²) in [5.41, 5.74) is 2.36. The lowest BCUT2D eigenvalue weighted by Gasteiger charge is -2.23. The van der Waals surface area contributed by atoms with Crippen molar-refractivity contribution in [2.24, 2.45) is 5.92 Å².